The third-order valence-electron chi connectivity index (χ3n) is 3.41. The highest BCUT2D eigenvalue weighted by molar-refractivity contribution is 8.00. The summed E-state index contributed by atoms with van der Waals surface area (Å²) in [5.74, 6) is 0. The zero-order chi connectivity index (χ0) is 10.7. The minimum atomic E-state index is 0.435. The minimum Gasteiger partial charge on any atom is -0.332 e. The van der Waals surface area contributed by atoms with Gasteiger partial charge >= 0.3 is 0 Å². The van der Waals surface area contributed by atoms with Gasteiger partial charge in [0.05, 0.1) is 12.0 Å². The molecule has 0 bridgehead atoms. The molecule has 1 aliphatic carbocycles. The van der Waals surface area contributed by atoms with Crippen LogP contribution in [0.1, 0.15) is 31.4 Å². The van der Waals surface area contributed by atoms with Crippen molar-refractivity contribution in [3.63, 3.8) is 0 Å². The van der Waals surface area contributed by atoms with E-state index in [4.69, 9.17) is 5.73 Å². The summed E-state index contributed by atoms with van der Waals surface area (Å²) >= 11 is 2.01. The van der Waals surface area contributed by atoms with Gasteiger partial charge in [0, 0.05) is 24.0 Å². The lowest BCUT2D eigenvalue weighted by atomic mass is 10.1. The second-order valence-electron chi connectivity index (χ2n) is 4.31. The molecule has 1 fully saturated rings. The SMILES string of the molecule is CSC1(Cn2cncc2CN)CCCC1. The summed E-state index contributed by atoms with van der Waals surface area (Å²) in [7, 11) is 0. The van der Waals surface area contributed by atoms with Gasteiger partial charge in [0.25, 0.3) is 0 Å². The molecule has 2 rings (SSSR count). The lowest BCUT2D eigenvalue weighted by Gasteiger charge is -2.27. The van der Waals surface area contributed by atoms with Gasteiger partial charge in [-0.05, 0) is 19.1 Å². The van der Waals surface area contributed by atoms with E-state index in [-0.39, 0.29) is 0 Å². The van der Waals surface area contributed by atoms with Crippen LogP contribution in [0.25, 0.3) is 0 Å². The third kappa shape index (κ3) is 2.21. The summed E-state index contributed by atoms with van der Waals surface area (Å²) in [5.41, 5.74) is 6.83. The number of imidazole rings is 1. The zero-order valence-corrected chi connectivity index (χ0v) is 10.1. The van der Waals surface area contributed by atoms with Crippen LogP contribution >= 0.6 is 11.8 Å². The normalized spacial score (nSPS) is 19.6. The summed E-state index contributed by atoms with van der Waals surface area (Å²) < 4.78 is 2.66. The predicted molar refractivity (Wildman–Crippen MR) is 64.8 cm³/mol. The number of thioether (sulfide) groups is 1. The first-order valence-electron chi connectivity index (χ1n) is 5.54. The standard InChI is InChI=1S/C11H19N3S/c1-15-11(4-2-3-5-11)8-14-9-13-7-10(14)6-12/h7,9H,2-6,8,12H2,1H3. The molecule has 0 atom stereocenters. The molecule has 0 spiro atoms. The van der Waals surface area contributed by atoms with Gasteiger partial charge in [-0.2, -0.15) is 11.8 Å². The van der Waals surface area contributed by atoms with Gasteiger partial charge < -0.3 is 10.3 Å². The maximum Gasteiger partial charge on any atom is 0.0949 e. The number of hydrogen-bond donors (Lipinski definition) is 1. The summed E-state index contributed by atoms with van der Waals surface area (Å²) in [6.07, 6.45) is 11.4. The summed E-state index contributed by atoms with van der Waals surface area (Å²) in [4.78, 5) is 4.17. The summed E-state index contributed by atoms with van der Waals surface area (Å²) in [6, 6.07) is 0. The molecule has 15 heavy (non-hydrogen) atoms. The number of nitrogens with two attached hydrogens (primary N) is 1. The van der Waals surface area contributed by atoms with Gasteiger partial charge in [-0.15, -0.1) is 0 Å². The van der Waals surface area contributed by atoms with Crippen LogP contribution in [-0.2, 0) is 13.1 Å². The van der Waals surface area contributed by atoms with Crippen LogP contribution in [0, 0.1) is 0 Å². The quantitative estimate of drug-likeness (QED) is 0.852. The first-order chi connectivity index (χ1) is 7.29. The zero-order valence-electron chi connectivity index (χ0n) is 9.28. The van der Waals surface area contributed by atoms with Crippen molar-refractivity contribution >= 4 is 11.8 Å². The first-order valence-corrected chi connectivity index (χ1v) is 6.76. The van der Waals surface area contributed by atoms with E-state index in [1.54, 1.807) is 0 Å². The van der Waals surface area contributed by atoms with Crippen molar-refractivity contribution in [2.75, 3.05) is 6.26 Å². The van der Waals surface area contributed by atoms with E-state index < -0.39 is 0 Å². The molecule has 0 saturated heterocycles. The van der Waals surface area contributed by atoms with Crippen LogP contribution in [0.4, 0.5) is 0 Å². The van der Waals surface area contributed by atoms with Crippen LogP contribution in [0.2, 0.25) is 0 Å². The van der Waals surface area contributed by atoms with Crippen LogP contribution in [0.5, 0.6) is 0 Å². The fourth-order valence-corrected chi connectivity index (χ4v) is 3.38. The highest BCUT2D eigenvalue weighted by atomic mass is 32.2. The van der Waals surface area contributed by atoms with Gasteiger partial charge in [-0.3, -0.25) is 0 Å². The topological polar surface area (TPSA) is 43.8 Å². The highest BCUT2D eigenvalue weighted by Gasteiger charge is 2.33. The smallest absolute Gasteiger partial charge is 0.0949 e. The molecule has 1 aromatic heterocycles. The number of hydrogen-bond acceptors (Lipinski definition) is 3. The monoisotopic (exact) mass is 225 g/mol. The molecule has 0 radical (unpaired) electrons. The van der Waals surface area contributed by atoms with E-state index >= 15 is 0 Å². The maximum atomic E-state index is 5.69. The lowest BCUT2D eigenvalue weighted by Crippen LogP contribution is -2.27. The average Bonchev–Trinajstić information content (AvgIpc) is 2.88. The van der Waals surface area contributed by atoms with Gasteiger partial charge in [0.2, 0.25) is 0 Å². The molecule has 1 heterocycles. The van der Waals surface area contributed by atoms with Crippen LogP contribution in [0.3, 0.4) is 0 Å². The molecular weight excluding hydrogens is 206 g/mol. The van der Waals surface area contributed by atoms with Crippen molar-refractivity contribution in [2.24, 2.45) is 5.73 Å². The molecule has 3 nitrogen and oxygen atoms in total. The van der Waals surface area contributed by atoms with Gasteiger partial charge in [-0.1, -0.05) is 12.8 Å². The van der Waals surface area contributed by atoms with E-state index in [1.165, 1.54) is 25.7 Å². The molecule has 4 heteroatoms. The van der Waals surface area contributed by atoms with Gasteiger partial charge in [0.1, 0.15) is 0 Å². The molecule has 1 aromatic rings. The molecule has 84 valence electrons. The Hall–Kier alpha value is -0.480. The Bertz CT molecular complexity index is 315. The van der Waals surface area contributed by atoms with Crippen molar-refractivity contribution in [3.05, 3.63) is 18.2 Å². The molecule has 0 unspecified atom stereocenters. The number of aromatic nitrogens is 2. The average molecular weight is 225 g/mol. The van der Waals surface area contributed by atoms with E-state index in [1.807, 2.05) is 24.3 Å². The Balaban J connectivity index is 2.12. The number of rotatable bonds is 4. The largest absolute Gasteiger partial charge is 0.332 e. The molecule has 1 saturated carbocycles. The summed E-state index contributed by atoms with van der Waals surface area (Å²) in [6.45, 7) is 1.66. The maximum absolute atomic E-state index is 5.69. The third-order valence-corrected chi connectivity index (χ3v) is 4.82. The Morgan fingerprint density at radius 1 is 1.53 bits per heavy atom. The predicted octanol–water partition coefficient (Wildman–Crippen LogP) is 2.02. The molecule has 0 aliphatic heterocycles. The second kappa shape index (κ2) is 4.58. The molecule has 0 amide bonds. The fraction of sp³-hybridized carbons (Fsp3) is 0.727. The first kappa shape index (κ1) is 11.0. The fourth-order valence-electron chi connectivity index (χ4n) is 2.42. The van der Waals surface area contributed by atoms with E-state index in [2.05, 4.69) is 15.8 Å². The highest BCUT2D eigenvalue weighted by Crippen LogP contribution is 2.41. The Labute approximate surface area is 95.4 Å². The van der Waals surface area contributed by atoms with Crippen molar-refractivity contribution in [1.29, 1.82) is 0 Å². The van der Waals surface area contributed by atoms with E-state index in [9.17, 15) is 0 Å². The van der Waals surface area contributed by atoms with Crippen molar-refractivity contribution in [2.45, 2.75) is 43.5 Å². The second-order valence-corrected chi connectivity index (χ2v) is 5.59. The van der Waals surface area contributed by atoms with Crippen molar-refractivity contribution in [1.82, 2.24) is 9.55 Å². The van der Waals surface area contributed by atoms with Crippen molar-refractivity contribution in [3.8, 4) is 0 Å². The van der Waals surface area contributed by atoms with E-state index in [0.29, 0.717) is 11.3 Å². The Morgan fingerprint density at radius 2 is 2.27 bits per heavy atom. The van der Waals surface area contributed by atoms with Crippen LogP contribution in [0.15, 0.2) is 12.5 Å². The lowest BCUT2D eigenvalue weighted by molar-refractivity contribution is 0.494. The molecule has 0 aromatic carbocycles. The van der Waals surface area contributed by atoms with E-state index in [0.717, 1.165) is 12.2 Å². The van der Waals surface area contributed by atoms with Gasteiger partial charge in [0.15, 0.2) is 0 Å². The molecule has 2 N–H and O–H groups in total. The number of nitrogens with zero attached hydrogens (tertiary/aromatic N) is 2. The minimum absolute atomic E-state index is 0.435. The van der Waals surface area contributed by atoms with Crippen molar-refractivity contribution < 1.29 is 0 Å². The van der Waals surface area contributed by atoms with Crippen LogP contribution in [-0.4, -0.2) is 20.6 Å². The molecule has 1 aliphatic rings. The Morgan fingerprint density at radius 3 is 2.87 bits per heavy atom. The summed E-state index contributed by atoms with van der Waals surface area (Å²) in [5, 5.41) is 0. The molecular formula is C11H19N3S. The van der Waals surface area contributed by atoms with Gasteiger partial charge in [-0.25, -0.2) is 4.98 Å². The van der Waals surface area contributed by atoms with Crippen LogP contribution < -0.4 is 5.73 Å². The Kier molecular flexibility index (Phi) is 3.36.